The van der Waals surface area contributed by atoms with Crippen LogP contribution in [-0.4, -0.2) is 42.2 Å². The van der Waals surface area contributed by atoms with Crippen LogP contribution in [0.5, 0.6) is 0 Å². The number of para-hydroxylation sites is 1. The van der Waals surface area contributed by atoms with E-state index in [2.05, 4.69) is 21.9 Å². The Bertz CT molecular complexity index is 421. The second kappa shape index (κ2) is 6.59. The van der Waals surface area contributed by atoms with Crippen molar-refractivity contribution in [2.24, 2.45) is 0 Å². The average molecular weight is 274 g/mol. The molecule has 0 saturated carbocycles. The maximum atomic E-state index is 9.47. The van der Waals surface area contributed by atoms with Gasteiger partial charge < -0.3 is 14.9 Å². The predicted molar refractivity (Wildman–Crippen MR) is 83.0 cm³/mol. The smallest absolute Gasteiger partial charge is 0.0702 e. The Morgan fingerprint density at radius 1 is 0.950 bits per heavy atom. The van der Waals surface area contributed by atoms with Gasteiger partial charge in [-0.2, -0.15) is 0 Å². The third-order valence-corrected chi connectivity index (χ3v) is 4.87. The van der Waals surface area contributed by atoms with Crippen LogP contribution in [0.3, 0.4) is 0 Å². The first kappa shape index (κ1) is 13.9. The van der Waals surface area contributed by atoms with Gasteiger partial charge in [0.05, 0.1) is 6.61 Å². The van der Waals surface area contributed by atoms with Crippen LogP contribution in [0.25, 0.3) is 0 Å². The molecular formula is C17H26N2O. The molecular weight excluding hydrogens is 248 g/mol. The van der Waals surface area contributed by atoms with Crippen molar-refractivity contribution < 1.29 is 5.11 Å². The Hall–Kier alpha value is -1.06. The summed E-state index contributed by atoms with van der Waals surface area (Å²) in [6.45, 7) is 4.99. The molecule has 0 spiro atoms. The third-order valence-electron chi connectivity index (χ3n) is 4.87. The Balaban J connectivity index is 1.60. The lowest BCUT2D eigenvalue weighted by Gasteiger charge is -2.41. The summed E-state index contributed by atoms with van der Waals surface area (Å²) in [4.78, 5) is 5.16. The maximum absolute atomic E-state index is 9.47. The SMILES string of the molecule is OCc1ccccc1N1CCC(N2CCCCC2)CC1. The fourth-order valence-electron chi connectivity index (χ4n) is 3.71. The van der Waals surface area contributed by atoms with Gasteiger partial charge in [0, 0.05) is 30.4 Å². The fraction of sp³-hybridized carbons (Fsp3) is 0.647. The zero-order chi connectivity index (χ0) is 13.8. The molecule has 0 radical (unpaired) electrons. The Morgan fingerprint density at radius 3 is 2.35 bits per heavy atom. The molecule has 0 amide bonds. The highest BCUT2D eigenvalue weighted by Gasteiger charge is 2.26. The number of hydrogen-bond acceptors (Lipinski definition) is 3. The lowest BCUT2D eigenvalue weighted by Crippen LogP contribution is -2.46. The molecule has 0 aliphatic carbocycles. The van der Waals surface area contributed by atoms with Crippen molar-refractivity contribution in [2.45, 2.75) is 44.8 Å². The van der Waals surface area contributed by atoms with Crippen molar-refractivity contribution in [2.75, 3.05) is 31.1 Å². The van der Waals surface area contributed by atoms with Gasteiger partial charge in [-0.25, -0.2) is 0 Å². The lowest BCUT2D eigenvalue weighted by molar-refractivity contribution is 0.141. The largest absolute Gasteiger partial charge is 0.392 e. The van der Waals surface area contributed by atoms with E-state index >= 15 is 0 Å². The van der Waals surface area contributed by atoms with Gasteiger partial charge in [-0.3, -0.25) is 0 Å². The number of aliphatic hydroxyl groups excluding tert-OH is 1. The monoisotopic (exact) mass is 274 g/mol. The van der Waals surface area contributed by atoms with Crippen molar-refractivity contribution in [3.8, 4) is 0 Å². The molecule has 0 unspecified atom stereocenters. The lowest BCUT2D eigenvalue weighted by atomic mass is 9.99. The van der Waals surface area contributed by atoms with Gasteiger partial charge in [0.2, 0.25) is 0 Å². The van der Waals surface area contributed by atoms with Crippen LogP contribution in [0.1, 0.15) is 37.7 Å². The van der Waals surface area contributed by atoms with Crippen LogP contribution in [-0.2, 0) is 6.61 Å². The van der Waals surface area contributed by atoms with Crippen molar-refractivity contribution in [3.63, 3.8) is 0 Å². The van der Waals surface area contributed by atoms with Crippen LogP contribution in [0.2, 0.25) is 0 Å². The standard InChI is InChI=1S/C17H26N2O/c20-14-15-6-2-3-7-17(15)19-12-8-16(9-13-19)18-10-4-1-5-11-18/h2-3,6-7,16,20H,1,4-5,8-14H2. The number of hydrogen-bond donors (Lipinski definition) is 1. The van der Waals surface area contributed by atoms with E-state index in [1.54, 1.807) is 0 Å². The average Bonchev–Trinajstić information content (AvgIpc) is 2.56. The van der Waals surface area contributed by atoms with Gasteiger partial charge in [-0.1, -0.05) is 24.6 Å². The summed E-state index contributed by atoms with van der Waals surface area (Å²) in [5, 5.41) is 9.47. The third kappa shape index (κ3) is 2.99. The van der Waals surface area contributed by atoms with Crippen molar-refractivity contribution in [3.05, 3.63) is 29.8 Å². The van der Waals surface area contributed by atoms with Gasteiger partial charge in [-0.15, -0.1) is 0 Å². The van der Waals surface area contributed by atoms with Crippen molar-refractivity contribution >= 4 is 5.69 Å². The molecule has 0 bridgehead atoms. The zero-order valence-corrected chi connectivity index (χ0v) is 12.3. The second-order valence-corrected chi connectivity index (χ2v) is 6.10. The Kier molecular flexibility index (Phi) is 4.58. The molecule has 2 fully saturated rings. The quantitative estimate of drug-likeness (QED) is 0.918. The summed E-state index contributed by atoms with van der Waals surface area (Å²) in [5.41, 5.74) is 2.29. The summed E-state index contributed by atoms with van der Waals surface area (Å²) in [5.74, 6) is 0. The first-order valence-corrected chi connectivity index (χ1v) is 8.06. The summed E-state index contributed by atoms with van der Waals surface area (Å²) < 4.78 is 0. The van der Waals surface area contributed by atoms with Crippen LogP contribution in [0.15, 0.2) is 24.3 Å². The molecule has 3 nitrogen and oxygen atoms in total. The molecule has 3 rings (SSSR count). The normalized spacial score (nSPS) is 22.1. The molecule has 1 aromatic carbocycles. The van der Waals surface area contributed by atoms with Crippen LogP contribution in [0.4, 0.5) is 5.69 Å². The molecule has 2 saturated heterocycles. The molecule has 1 aromatic rings. The number of piperidine rings is 2. The minimum Gasteiger partial charge on any atom is -0.392 e. The highest BCUT2D eigenvalue weighted by atomic mass is 16.3. The van der Waals surface area contributed by atoms with E-state index < -0.39 is 0 Å². The molecule has 2 aliphatic rings. The molecule has 1 N–H and O–H groups in total. The number of anilines is 1. The number of aliphatic hydroxyl groups is 1. The molecule has 0 atom stereocenters. The maximum Gasteiger partial charge on any atom is 0.0702 e. The summed E-state index contributed by atoms with van der Waals surface area (Å²) >= 11 is 0. The van der Waals surface area contributed by atoms with E-state index in [1.165, 1.54) is 50.9 Å². The predicted octanol–water partition coefficient (Wildman–Crippen LogP) is 2.63. The van der Waals surface area contributed by atoms with E-state index in [1.807, 2.05) is 12.1 Å². The van der Waals surface area contributed by atoms with Gasteiger partial charge in [-0.05, 0) is 44.8 Å². The summed E-state index contributed by atoms with van der Waals surface area (Å²) in [7, 11) is 0. The van der Waals surface area contributed by atoms with Crippen molar-refractivity contribution in [1.82, 2.24) is 4.90 Å². The van der Waals surface area contributed by atoms with E-state index in [0.717, 1.165) is 24.7 Å². The van der Waals surface area contributed by atoms with Gasteiger partial charge in [0.15, 0.2) is 0 Å². The Morgan fingerprint density at radius 2 is 1.65 bits per heavy atom. The molecule has 2 heterocycles. The molecule has 2 aliphatic heterocycles. The van der Waals surface area contributed by atoms with Crippen LogP contribution >= 0.6 is 0 Å². The van der Waals surface area contributed by atoms with Gasteiger partial charge in [0.25, 0.3) is 0 Å². The van der Waals surface area contributed by atoms with E-state index in [0.29, 0.717) is 0 Å². The molecule has 110 valence electrons. The summed E-state index contributed by atoms with van der Waals surface area (Å²) in [6, 6.07) is 9.05. The first-order valence-electron chi connectivity index (χ1n) is 8.06. The molecule has 0 aromatic heterocycles. The number of benzene rings is 1. The molecule has 3 heteroatoms. The van der Waals surface area contributed by atoms with E-state index in [4.69, 9.17) is 0 Å². The van der Waals surface area contributed by atoms with E-state index in [9.17, 15) is 5.11 Å². The number of rotatable bonds is 3. The van der Waals surface area contributed by atoms with Gasteiger partial charge >= 0.3 is 0 Å². The first-order chi connectivity index (χ1) is 9.88. The fourth-order valence-corrected chi connectivity index (χ4v) is 3.71. The van der Waals surface area contributed by atoms with Crippen LogP contribution < -0.4 is 4.90 Å². The second-order valence-electron chi connectivity index (χ2n) is 6.10. The van der Waals surface area contributed by atoms with Crippen molar-refractivity contribution in [1.29, 1.82) is 0 Å². The van der Waals surface area contributed by atoms with Gasteiger partial charge in [0.1, 0.15) is 0 Å². The summed E-state index contributed by atoms with van der Waals surface area (Å²) in [6.07, 6.45) is 6.71. The molecule has 20 heavy (non-hydrogen) atoms. The number of likely N-dealkylation sites (tertiary alicyclic amines) is 1. The Labute approximate surface area is 122 Å². The topological polar surface area (TPSA) is 26.7 Å². The minimum absolute atomic E-state index is 0.141. The zero-order valence-electron chi connectivity index (χ0n) is 12.3. The highest BCUT2D eigenvalue weighted by Crippen LogP contribution is 2.27. The highest BCUT2D eigenvalue weighted by molar-refractivity contribution is 5.53. The van der Waals surface area contributed by atoms with E-state index in [-0.39, 0.29) is 6.61 Å². The number of nitrogens with zero attached hydrogens (tertiary/aromatic N) is 2. The van der Waals surface area contributed by atoms with Crippen LogP contribution in [0, 0.1) is 0 Å². The minimum atomic E-state index is 0.141.